The molecule has 0 spiro atoms. The number of carbonyl (C=O) groups excluding carboxylic acids is 1. The lowest BCUT2D eigenvalue weighted by molar-refractivity contribution is -0.143. The molecule has 0 rings (SSSR count). The minimum absolute atomic E-state index is 0.267. The summed E-state index contributed by atoms with van der Waals surface area (Å²) in [5.74, 6) is 4.68. The average molecular weight is 205 g/mol. The van der Waals surface area contributed by atoms with Crippen LogP contribution in [0.15, 0.2) is 0 Å². The van der Waals surface area contributed by atoms with E-state index in [0.717, 1.165) is 0 Å². The maximum Gasteiger partial charge on any atom is 0.253 e. The van der Waals surface area contributed by atoms with E-state index in [9.17, 15) is 4.79 Å². The summed E-state index contributed by atoms with van der Waals surface area (Å²) < 4.78 is 5.07. The molecule has 0 heterocycles. The van der Waals surface area contributed by atoms with Crippen molar-refractivity contribution in [3.63, 3.8) is 0 Å². The molecule has 0 aliphatic heterocycles. The lowest BCUT2D eigenvalue weighted by Gasteiger charge is -2.20. The normalized spacial score (nSPS) is 11.4. The van der Waals surface area contributed by atoms with Crippen molar-refractivity contribution in [2.24, 2.45) is 11.6 Å². The number of hydrogen-bond donors (Lipinski definition) is 3. The smallest absolute Gasteiger partial charge is 0.253 e. The van der Waals surface area contributed by atoms with E-state index in [1.54, 1.807) is 13.8 Å². The highest BCUT2D eigenvalue weighted by molar-refractivity contribution is 5.84. The Morgan fingerprint density at radius 3 is 2.57 bits per heavy atom. The molecule has 1 amide bonds. The molecule has 0 radical (unpaired) electrons. The van der Waals surface area contributed by atoms with E-state index < -0.39 is 5.60 Å². The van der Waals surface area contributed by atoms with Crippen molar-refractivity contribution in [2.45, 2.75) is 19.4 Å². The minimum Gasteiger partial charge on any atom is -0.378 e. The monoisotopic (exact) mass is 205 g/mol. The van der Waals surface area contributed by atoms with Crippen LogP contribution in [0, 0.1) is 0 Å². The third-order valence-electron chi connectivity index (χ3n) is 1.64. The summed E-state index contributed by atoms with van der Waals surface area (Å²) in [4.78, 5) is 15.8. The van der Waals surface area contributed by atoms with Gasteiger partial charge in [-0.05, 0) is 13.8 Å². The van der Waals surface area contributed by atoms with Gasteiger partial charge >= 0.3 is 0 Å². The zero-order valence-corrected chi connectivity index (χ0v) is 8.71. The summed E-state index contributed by atoms with van der Waals surface area (Å²) in [5, 5.41) is 2.62. The minimum atomic E-state index is -1.01. The second-order valence-corrected chi connectivity index (χ2v) is 3.29. The number of rotatable bonds is 7. The molecule has 5 N–H and O–H groups in total. The van der Waals surface area contributed by atoms with Crippen molar-refractivity contribution in [2.75, 3.05) is 26.3 Å². The topological polar surface area (TPSA) is 99.6 Å². The van der Waals surface area contributed by atoms with Crippen LogP contribution in [0.1, 0.15) is 13.8 Å². The molecular formula is C8H19N3O3. The molecule has 0 aromatic carbocycles. The van der Waals surface area contributed by atoms with E-state index in [2.05, 4.69) is 10.2 Å². The second-order valence-electron chi connectivity index (χ2n) is 3.29. The molecule has 0 atom stereocenters. The van der Waals surface area contributed by atoms with Crippen molar-refractivity contribution >= 4 is 5.91 Å². The molecule has 0 aromatic heterocycles. The molecule has 84 valence electrons. The van der Waals surface area contributed by atoms with Crippen LogP contribution in [-0.4, -0.2) is 37.8 Å². The van der Waals surface area contributed by atoms with Crippen LogP contribution in [-0.2, 0) is 14.4 Å². The van der Waals surface area contributed by atoms with Gasteiger partial charge in [-0.15, -0.1) is 0 Å². The Hall–Kier alpha value is -0.690. The first kappa shape index (κ1) is 13.3. The number of nitrogens with one attached hydrogen (secondary N) is 1. The molecule has 0 bridgehead atoms. The van der Waals surface area contributed by atoms with Gasteiger partial charge in [0.15, 0.2) is 5.60 Å². The fourth-order valence-electron chi connectivity index (χ4n) is 0.689. The van der Waals surface area contributed by atoms with Crippen molar-refractivity contribution in [3.8, 4) is 0 Å². The number of ether oxygens (including phenoxy) is 1. The van der Waals surface area contributed by atoms with Gasteiger partial charge in [0, 0.05) is 13.1 Å². The molecular weight excluding hydrogens is 186 g/mol. The van der Waals surface area contributed by atoms with Gasteiger partial charge in [-0.3, -0.25) is 9.63 Å². The SMILES string of the molecule is CC(C)(ON)C(=O)NCCOCCN. The van der Waals surface area contributed by atoms with E-state index >= 15 is 0 Å². The molecule has 0 aliphatic carbocycles. The maximum atomic E-state index is 11.3. The Morgan fingerprint density at radius 1 is 1.43 bits per heavy atom. The number of carbonyl (C=O) groups is 1. The molecule has 0 saturated heterocycles. The van der Waals surface area contributed by atoms with Crippen molar-refractivity contribution in [1.82, 2.24) is 5.32 Å². The van der Waals surface area contributed by atoms with Gasteiger partial charge in [-0.25, -0.2) is 5.90 Å². The molecule has 6 nitrogen and oxygen atoms in total. The Bertz CT molecular complexity index is 173. The van der Waals surface area contributed by atoms with Gasteiger partial charge in [-0.2, -0.15) is 0 Å². The fraction of sp³-hybridized carbons (Fsp3) is 0.875. The highest BCUT2D eigenvalue weighted by Gasteiger charge is 2.27. The number of hydrogen-bond acceptors (Lipinski definition) is 5. The van der Waals surface area contributed by atoms with Crippen LogP contribution in [0.4, 0.5) is 0 Å². The van der Waals surface area contributed by atoms with E-state index in [0.29, 0.717) is 26.3 Å². The lowest BCUT2D eigenvalue weighted by atomic mass is 10.1. The van der Waals surface area contributed by atoms with Crippen LogP contribution >= 0.6 is 0 Å². The first-order chi connectivity index (χ1) is 6.54. The van der Waals surface area contributed by atoms with Gasteiger partial charge in [0.25, 0.3) is 5.91 Å². The molecule has 14 heavy (non-hydrogen) atoms. The van der Waals surface area contributed by atoms with Gasteiger partial charge < -0.3 is 15.8 Å². The van der Waals surface area contributed by atoms with Crippen molar-refractivity contribution in [1.29, 1.82) is 0 Å². The van der Waals surface area contributed by atoms with E-state index in [4.69, 9.17) is 16.4 Å². The van der Waals surface area contributed by atoms with Gasteiger partial charge in [0.05, 0.1) is 13.2 Å². The van der Waals surface area contributed by atoms with E-state index in [1.807, 2.05) is 0 Å². The largest absolute Gasteiger partial charge is 0.378 e. The molecule has 0 unspecified atom stereocenters. The Balaban J connectivity index is 3.54. The van der Waals surface area contributed by atoms with Crippen LogP contribution in [0.25, 0.3) is 0 Å². The molecule has 0 saturated carbocycles. The van der Waals surface area contributed by atoms with E-state index in [-0.39, 0.29) is 5.91 Å². The highest BCUT2D eigenvalue weighted by atomic mass is 16.6. The average Bonchev–Trinajstić information content (AvgIpc) is 2.17. The highest BCUT2D eigenvalue weighted by Crippen LogP contribution is 2.04. The third kappa shape index (κ3) is 5.13. The second kappa shape index (κ2) is 6.72. The van der Waals surface area contributed by atoms with Gasteiger partial charge in [0.1, 0.15) is 0 Å². The zero-order valence-electron chi connectivity index (χ0n) is 8.71. The van der Waals surface area contributed by atoms with Crippen molar-refractivity contribution < 1.29 is 14.4 Å². The van der Waals surface area contributed by atoms with Crippen LogP contribution in [0.2, 0.25) is 0 Å². The lowest BCUT2D eigenvalue weighted by Crippen LogP contribution is -2.46. The van der Waals surface area contributed by atoms with Crippen LogP contribution in [0.5, 0.6) is 0 Å². The Labute approximate surface area is 83.9 Å². The van der Waals surface area contributed by atoms with E-state index in [1.165, 1.54) is 0 Å². The van der Waals surface area contributed by atoms with Gasteiger partial charge in [0.2, 0.25) is 0 Å². The molecule has 0 fully saturated rings. The Morgan fingerprint density at radius 2 is 2.07 bits per heavy atom. The number of amides is 1. The predicted molar refractivity (Wildman–Crippen MR) is 52.2 cm³/mol. The van der Waals surface area contributed by atoms with Crippen LogP contribution < -0.4 is 16.9 Å². The summed E-state index contributed by atoms with van der Waals surface area (Å²) in [6.07, 6.45) is 0. The maximum absolute atomic E-state index is 11.3. The summed E-state index contributed by atoms with van der Waals surface area (Å²) >= 11 is 0. The van der Waals surface area contributed by atoms with Crippen molar-refractivity contribution in [3.05, 3.63) is 0 Å². The summed E-state index contributed by atoms with van der Waals surface area (Å²) in [7, 11) is 0. The molecule has 0 aliphatic rings. The molecule has 6 heteroatoms. The zero-order chi connectivity index (χ0) is 11.0. The fourth-order valence-corrected chi connectivity index (χ4v) is 0.689. The summed E-state index contributed by atoms with van der Waals surface area (Å²) in [6, 6.07) is 0. The molecule has 0 aromatic rings. The summed E-state index contributed by atoms with van der Waals surface area (Å²) in [5.41, 5.74) is 4.21. The van der Waals surface area contributed by atoms with Gasteiger partial charge in [-0.1, -0.05) is 0 Å². The predicted octanol–water partition coefficient (Wildman–Crippen LogP) is -1.25. The number of nitrogens with two attached hydrogens (primary N) is 2. The quantitative estimate of drug-likeness (QED) is 0.356. The standard InChI is InChI=1S/C8H19N3O3/c1-8(2,14-10)7(12)11-4-6-13-5-3-9/h3-6,9-10H2,1-2H3,(H,11,12). The first-order valence-electron chi connectivity index (χ1n) is 4.48. The third-order valence-corrected chi connectivity index (χ3v) is 1.64. The first-order valence-corrected chi connectivity index (χ1v) is 4.48. The summed E-state index contributed by atoms with van der Waals surface area (Å²) in [6.45, 7) is 5.00. The Kier molecular flexibility index (Phi) is 6.39. The van der Waals surface area contributed by atoms with Crippen LogP contribution in [0.3, 0.4) is 0 Å².